The summed E-state index contributed by atoms with van der Waals surface area (Å²) in [5.41, 5.74) is 7.77. The molecule has 0 atom stereocenters. The summed E-state index contributed by atoms with van der Waals surface area (Å²) in [7, 11) is 1.64. The normalized spacial score (nSPS) is 18.4. The maximum atomic E-state index is 13.9. The lowest BCUT2D eigenvalue weighted by molar-refractivity contribution is -0.115. The molecule has 2 aromatic rings. The third-order valence-electron chi connectivity index (χ3n) is 6.63. The van der Waals surface area contributed by atoms with Crippen LogP contribution in [0.5, 0.6) is 0 Å². The van der Waals surface area contributed by atoms with E-state index in [2.05, 4.69) is 0 Å². The fraction of sp³-hybridized carbons (Fsp3) is 0.480. The van der Waals surface area contributed by atoms with Crippen LogP contribution in [0.25, 0.3) is 0 Å². The summed E-state index contributed by atoms with van der Waals surface area (Å²) < 4.78 is 15.5. The van der Waals surface area contributed by atoms with E-state index in [9.17, 15) is 23.9 Å². The van der Waals surface area contributed by atoms with Crippen molar-refractivity contribution in [2.24, 2.45) is 12.8 Å². The van der Waals surface area contributed by atoms with Crippen molar-refractivity contribution in [2.45, 2.75) is 71.4 Å². The molecule has 1 aromatic heterocycles. The number of aliphatic hydroxyl groups is 1. The molecular formula is C25H32FN3O4. The Labute approximate surface area is 193 Å². The van der Waals surface area contributed by atoms with Crippen LogP contribution in [0.2, 0.25) is 0 Å². The highest BCUT2D eigenvalue weighted by atomic mass is 19.1. The van der Waals surface area contributed by atoms with Crippen LogP contribution < -0.4 is 10.6 Å². The Morgan fingerprint density at radius 1 is 1.15 bits per heavy atom. The standard InChI is InChI=1S/C25H32FN3O4/c1-13(2)20-21(24(27)32)15(4)28(5)22(20)23(31)25(33)29(16-6-9-18(30)10-7-16)17-8-11-19(26)14(3)12-17/h8,11-13,16,18,30H,6-7,9-10H2,1-5H3,(H2,27,32). The summed E-state index contributed by atoms with van der Waals surface area (Å²) in [6.45, 7) is 6.97. The molecule has 1 aromatic carbocycles. The Hall–Kier alpha value is -3.00. The van der Waals surface area contributed by atoms with Crippen LogP contribution >= 0.6 is 0 Å². The number of amides is 2. The smallest absolute Gasteiger partial charge is 0.301 e. The quantitative estimate of drug-likeness (QED) is 0.511. The van der Waals surface area contributed by atoms with Gasteiger partial charge in [-0.1, -0.05) is 13.8 Å². The molecule has 2 amide bonds. The molecular weight excluding hydrogens is 425 g/mol. The number of anilines is 1. The largest absolute Gasteiger partial charge is 0.393 e. The molecule has 1 aliphatic carbocycles. The van der Waals surface area contributed by atoms with Crippen molar-refractivity contribution in [3.8, 4) is 0 Å². The third kappa shape index (κ3) is 4.57. The van der Waals surface area contributed by atoms with E-state index >= 15 is 0 Å². The number of nitrogens with zero attached hydrogens (tertiary/aromatic N) is 2. The number of hydrogen-bond acceptors (Lipinski definition) is 4. The fourth-order valence-electron chi connectivity index (χ4n) is 4.78. The lowest BCUT2D eigenvalue weighted by Gasteiger charge is -2.35. The number of carbonyl (C=O) groups excluding carboxylic acids is 3. The highest BCUT2D eigenvalue weighted by molar-refractivity contribution is 6.47. The number of rotatable bonds is 6. The number of aliphatic hydroxyl groups excluding tert-OH is 1. The number of carbonyl (C=O) groups is 3. The number of primary amides is 1. The molecule has 1 aliphatic rings. The summed E-state index contributed by atoms with van der Waals surface area (Å²) >= 11 is 0. The van der Waals surface area contributed by atoms with E-state index in [0.29, 0.717) is 48.2 Å². The molecule has 8 heteroatoms. The molecule has 0 saturated heterocycles. The van der Waals surface area contributed by atoms with Gasteiger partial charge in [0, 0.05) is 24.5 Å². The molecule has 3 rings (SSSR count). The minimum absolute atomic E-state index is 0.140. The first kappa shape index (κ1) is 24.6. The van der Waals surface area contributed by atoms with Crippen LogP contribution in [-0.2, 0) is 11.8 Å². The third-order valence-corrected chi connectivity index (χ3v) is 6.63. The first-order chi connectivity index (χ1) is 15.5. The van der Waals surface area contributed by atoms with Gasteiger partial charge in [0.1, 0.15) is 5.82 Å². The average molecular weight is 458 g/mol. The maximum absolute atomic E-state index is 13.9. The van der Waals surface area contributed by atoms with Gasteiger partial charge in [0.15, 0.2) is 0 Å². The molecule has 7 nitrogen and oxygen atoms in total. The minimum atomic E-state index is -0.749. The highest BCUT2D eigenvalue weighted by Crippen LogP contribution is 2.33. The summed E-state index contributed by atoms with van der Waals surface area (Å²) in [4.78, 5) is 41.0. The lowest BCUT2D eigenvalue weighted by Crippen LogP contribution is -2.47. The summed E-state index contributed by atoms with van der Waals surface area (Å²) in [5, 5.41) is 9.94. The molecule has 0 spiro atoms. The topological polar surface area (TPSA) is 106 Å². The number of hydrogen-bond donors (Lipinski definition) is 2. The van der Waals surface area contributed by atoms with Gasteiger partial charge >= 0.3 is 5.91 Å². The molecule has 1 saturated carbocycles. The number of aryl methyl sites for hydroxylation is 1. The van der Waals surface area contributed by atoms with Crippen molar-refractivity contribution < 1.29 is 23.9 Å². The number of Topliss-reactive ketones (excluding diaryl/α,β-unsaturated/α-hetero) is 1. The van der Waals surface area contributed by atoms with Crippen LogP contribution in [0.15, 0.2) is 18.2 Å². The minimum Gasteiger partial charge on any atom is -0.393 e. The fourth-order valence-corrected chi connectivity index (χ4v) is 4.78. The van der Waals surface area contributed by atoms with Gasteiger partial charge in [0.25, 0.3) is 11.7 Å². The predicted molar refractivity (Wildman–Crippen MR) is 124 cm³/mol. The van der Waals surface area contributed by atoms with Gasteiger partial charge < -0.3 is 20.3 Å². The molecule has 1 heterocycles. The number of aromatic nitrogens is 1. The number of benzene rings is 1. The van der Waals surface area contributed by atoms with E-state index in [4.69, 9.17) is 5.73 Å². The van der Waals surface area contributed by atoms with Crippen molar-refractivity contribution in [1.82, 2.24) is 4.57 Å². The van der Waals surface area contributed by atoms with Crippen molar-refractivity contribution in [1.29, 1.82) is 0 Å². The Morgan fingerprint density at radius 3 is 2.27 bits per heavy atom. The van der Waals surface area contributed by atoms with E-state index in [1.165, 1.54) is 17.0 Å². The first-order valence-corrected chi connectivity index (χ1v) is 11.3. The predicted octanol–water partition coefficient (Wildman–Crippen LogP) is 3.52. The highest BCUT2D eigenvalue weighted by Gasteiger charge is 2.37. The Bertz CT molecular complexity index is 1100. The van der Waals surface area contributed by atoms with Gasteiger partial charge in [-0.3, -0.25) is 14.4 Å². The number of nitrogens with two attached hydrogens (primary N) is 1. The van der Waals surface area contributed by atoms with Crippen LogP contribution in [-0.4, -0.2) is 39.4 Å². The SMILES string of the molecule is Cc1cc(N(C(=O)C(=O)c2c(C(C)C)c(C(N)=O)c(C)n2C)C2CCC(O)CC2)ccc1F. The van der Waals surface area contributed by atoms with Crippen molar-refractivity contribution in [2.75, 3.05) is 4.90 Å². The van der Waals surface area contributed by atoms with Crippen molar-refractivity contribution in [3.63, 3.8) is 0 Å². The van der Waals surface area contributed by atoms with Crippen LogP contribution in [0.3, 0.4) is 0 Å². The van der Waals surface area contributed by atoms with E-state index in [-0.39, 0.29) is 23.2 Å². The van der Waals surface area contributed by atoms with Gasteiger partial charge in [-0.05, 0) is 74.8 Å². The molecule has 0 bridgehead atoms. The molecule has 33 heavy (non-hydrogen) atoms. The Balaban J connectivity index is 2.12. The van der Waals surface area contributed by atoms with E-state index < -0.39 is 29.5 Å². The van der Waals surface area contributed by atoms with Gasteiger partial charge in [-0.15, -0.1) is 0 Å². The summed E-state index contributed by atoms with van der Waals surface area (Å²) in [6.07, 6.45) is 1.62. The summed E-state index contributed by atoms with van der Waals surface area (Å²) in [5.74, 6) is -2.76. The van der Waals surface area contributed by atoms with E-state index in [1.54, 1.807) is 31.5 Å². The van der Waals surface area contributed by atoms with Crippen LogP contribution in [0, 0.1) is 19.7 Å². The molecule has 1 fully saturated rings. The zero-order chi connectivity index (χ0) is 24.6. The van der Waals surface area contributed by atoms with E-state index in [1.807, 2.05) is 13.8 Å². The van der Waals surface area contributed by atoms with Gasteiger partial charge in [-0.25, -0.2) is 4.39 Å². The zero-order valence-electron chi connectivity index (χ0n) is 19.8. The average Bonchev–Trinajstić information content (AvgIpc) is 3.02. The van der Waals surface area contributed by atoms with Gasteiger partial charge in [0.2, 0.25) is 0 Å². The number of halogens is 1. The lowest BCUT2D eigenvalue weighted by atomic mass is 9.90. The maximum Gasteiger partial charge on any atom is 0.301 e. The first-order valence-electron chi connectivity index (χ1n) is 11.3. The number of ketones is 1. The zero-order valence-corrected chi connectivity index (χ0v) is 19.8. The molecule has 0 aliphatic heterocycles. The molecule has 0 radical (unpaired) electrons. The second kappa shape index (κ2) is 9.47. The second-order valence-electron chi connectivity index (χ2n) is 9.20. The summed E-state index contributed by atoms with van der Waals surface area (Å²) in [6, 6.07) is 4.02. The van der Waals surface area contributed by atoms with Crippen molar-refractivity contribution in [3.05, 3.63) is 52.1 Å². The van der Waals surface area contributed by atoms with Crippen molar-refractivity contribution >= 4 is 23.3 Å². The second-order valence-corrected chi connectivity index (χ2v) is 9.20. The van der Waals surface area contributed by atoms with Gasteiger partial charge in [-0.2, -0.15) is 0 Å². The van der Waals surface area contributed by atoms with Gasteiger partial charge in [0.05, 0.1) is 17.4 Å². The molecule has 3 N–H and O–H groups in total. The monoisotopic (exact) mass is 457 g/mol. The molecule has 178 valence electrons. The van der Waals surface area contributed by atoms with Crippen LogP contribution in [0.4, 0.5) is 10.1 Å². The molecule has 0 unspecified atom stereocenters. The van der Waals surface area contributed by atoms with E-state index in [0.717, 1.165) is 0 Å². The Morgan fingerprint density at radius 2 is 1.76 bits per heavy atom. The van der Waals surface area contributed by atoms with Crippen LogP contribution in [0.1, 0.15) is 83.1 Å². The Kier molecular flexibility index (Phi) is 7.07.